The Labute approximate surface area is 142 Å². The zero-order chi connectivity index (χ0) is 16.1. The molecule has 0 aliphatic carbocycles. The zero-order valence-electron chi connectivity index (χ0n) is 13.8. The van der Waals surface area contributed by atoms with E-state index in [-0.39, 0.29) is 6.09 Å². The monoisotopic (exact) mass is 338 g/mol. The van der Waals surface area contributed by atoms with Gasteiger partial charge in [0.15, 0.2) is 0 Å². The number of likely N-dealkylation sites (tertiary alicyclic amines) is 1. The molecular formula is C16H26N4O2S. The third-order valence-electron chi connectivity index (χ3n) is 4.68. The van der Waals surface area contributed by atoms with Gasteiger partial charge >= 0.3 is 6.09 Å². The van der Waals surface area contributed by atoms with Crippen LogP contribution in [0.15, 0.2) is 11.6 Å². The van der Waals surface area contributed by atoms with Crippen molar-refractivity contribution < 1.29 is 9.53 Å². The van der Waals surface area contributed by atoms with E-state index in [0.29, 0.717) is 12.6 Å². The molecule has 3 rings (SSSR count). The Morgan fingerprint density at radius 1 is 1.35 bits per heavy atom. The number of hydrogen-bond donors (Lipinski definition) is 0. The van der Waals surface area contributed by atoms with E-state index in [9.17, 15) is 4.79 Å². The molecule has 0 aromatic carbocycles. The van der Waals surface area contributed by atoms with Crippen molar-refractivity contribution in [2.75, 3.05) is 45.9 Å². The first-order valence-electron chi connectivity index (χ1n) is 8.52. The molecule has 7 heteroatoms. The standard InChI is InChI=1S/C16H26N4O2S/c1-2-22-16(21)20-9-7-19(8-10-20)14-4-3-6-18(12-14)13-15-17-5-11-23-15/h5,11,14H,2-4,6-10,12-13H2,1H3/t14-/m1/s1. The van der Waals surface area contributed by atoms with Crippen LogP contribution in [0.5, 0.6) is 0 Å². The number of aromatic nitrogens is 1. The Hall–Kier alpha value is -1.18. The van der Waals surface area contributed by atoms with Gasteiger partial charge in [0.2, 0.25) is 0 Å². The minimum Gasteiger partial charge on any atom is -0.450 e. The summed E-state index contributed by atoms with van der Waals surface area (Å²) in [5, 5.41) is 3.25. The summed E-state index contributed by atoms with van der Waals surface area (Å²) >= 11 is 1.74. The highest BCUT2D eigenvalue weighted by atomic mass is 32.1. The molecule has 2 aliphatic heterocycles. The lowest BCUT2D eigenvalue weighted by Gasteiger charge is -2.43. The lowest BCUT2D eigenvalue weighted by Crippen LogP contribution is -2.55. The summed E-state index contributed by atoms with van der Waals surface area (Å²) in [5.41, 5.74) is 0. The van der Waals surface area contributed by atoms with E-state index >= 15 is 0 Å². The first-order chi connectivity index (χ1) is 11.3. The third-order valence-corrected chi connectivity index (χ3v) is 5.44. The van der Waals surface area contributed by atoms with E-state index < -0.39 is 0 Å². The number of piperazine rings is 1. The van der Waals surface area contributed by atoms with Gasteiger partial charge in [-0.15, -0.1) is 11.3 Å². The highest BCUT2D eigenvalue weighted by Crippen LogP contribution is 2.20. The second-order valence-electron chi connectivity index (χ2n) is 6.18. The van der Waals surface area contributed by atoms with Gasteiger partial charge in [-0.05, 0) is 26.3 Å². The second kappa shape index (κ2) is 8.08. The summed E-state index contributed by atoms with van der Waals surface area (Å²) in [7, 11) is 0. The highest BCUT2D eigenvalue weighted by Gasteiger charge is 2.29. The van der Waals surface area contributed by atoms with E-state index in [2.05, 4.69) is 14.8 Å². The van der Waals surface area contributed by atoms with Crippen molar-refractivity contribution in [1.29, 1.82) is 0 Å². The Bertz CT molecular complexity index is 488. The lowest BCUT2D eigenvalue weighted by atomic mass is 10.0. The largest absolute Gasteiger partial charge is 0.450 e. The van der Waals surface area contributed by atoms with Crippen LogP contribution in [-0.2, 0) is 11.3 Å². The minimum absolute atomic E-state index is 0.166. The Morgan fingerprint density at radius 2 is 2.17 bits per heavy atom. The fraction of sp³-hybridized carbons (Fsp3) is 0.750. The molecule has 0 unspecified atom stereocenters. The number of ether oxygens (including phenoxy) is 1. The number of carbonyl (C=O) groups is 1. The maximum atomic E-state index is 11.8. The van der Waals surface area contributed by atoms with Gasteiger partial charge in [0, 0.05) is 50.3 Å². The number of thiazole rings is 1. The first kappa shape index (κ1) is 16.7. The molecule has 6 nitrogen and oxygen atoms in total. The molecule has 23 heavy (non-hydrogen) atoms. The van der Waals surface area contributed by atoms with E-state index in [4.69, 9.17) is 4.74 Å². The van der Waals surface area contributed by atoms with Gasteiger partial charge < -0.3 is 9.64 Å². The zero-order valence-corrected chi connectivity index (χ0v) is 14.6. The number of carbonyl (C=O) groups excluding carboxylic acids is 1. The highest BCUT2D eigenvalue weighted by molar-refractivity contribution is 7.09. The quantitative estimate of drug-likeness (QED) is 0.839. The summed E-state index contributed by atoms with van der Waals surface area (Å²) in [6.45, 7) is 9.02. The van der Waals surface area contributed by atoms with Gasteiger partial charge in [0.25, 0.3) is 0 Å². The van der Waals surface area contributed by atoms with Crippen LogP contribution >= 0.6 is 11.3 Å². The molecule has 0 bridgehead atoms. The van der Waals surface area contributed by atoms with E-state index in [1.165, 1.54) is 24.4 Å². The van der Waals surface area contributed by atoms with Crippen LogP contribution in [0.25, 0.3) is 0 Å². The number of amides is 1. The summed E-state index contributed by atoms with van der Waals surface area (Å²) in [6.07, 6.45) is 4.22. The second-order valence-corrected chi connectivity index (χ2v) is 7.16. The first-order valence-corrected chi connectivity index (χ1v) is 9.40. The third kappa shape index (κ3) is 4.43. The molecule has 2 fully saturated rings. The van der Waals surface area contributed by atoms with E-state index in [1.54, 1.807) is 11.3 Å². The smallest absolute Gasteiger partial charge is 0.409 e. The predicted octanol–water partition coefficient (Wildman–Crippen LogP) is 1.88. The van der Waals surface area contributed by atoms with Crippen LogP contribution in [0, 0.1) is 0 Å². The maximum absolute atomic E-state index is 11.8. The van der Waals surface area contributed by atoms with Gasteiger partial charge in [-0.1, -0.05) is 0 Å². The topological polar surface area (TPSA) is 48.9 Å². The molecule has 2 saturated heterocycles. The van der Waals surface area contributed by atoms with Crippen LogP contribution in [-0.4, -0.2) is 77.7 Å². The van der Waals surface area contributed by atoms with Gasteiger partial charge in [0.05, 0.1) is 13.2 Å². The normalized spacial score (nSPS) is 23.9. The average molecular weight is 338 g/mol. The van der Waals surface area contributed by atoms with Crippen LogP contribution in [0.4, 0.5) is 4.79 Å². The molecule has 1 atom stereocenters. The average Bonchev–Trinajstić information content (AvgIpc) is 3.08. The molecule has 1 aromatic heterocycles. The van der Waals surface area contributed by atoms with Crippen molar-refractivity contribution in [1.82, 2.24) is 19.7 Å². The van der Waals surface area contributed by atoms with Crippen molar-refractivity contribution >= 4 is 17.4 Å². The molecule has 0 spiro atoms. The molecule has 1 aromatic rings. The molecular weight excluding hydrogens is 312 g/mol. The molecule has 1 amide bonds. The number of rotatable bonds is 4. The SMILES string of the molecule is CCOC(=O)N1CCN([C@@H]2CCCN(Cc3nccs3)C2)CC1. The minimum atomic E-state index is -0.166. The summed E-state index contributed by atoms with van der Waals surface area (Å²) in [4.78, 5) is 23.1. The summed E-state index contributed by atoms with van der Waals surface area (Å²) in [6, 6.07) is 0.605. The fourth-order valence-corrected chi connectivity index (χ4v) is 4.14. The lowest BCUT2D eigenvalue weighted by molar-refractivity contribution is 0.0412. The summed E-state index contributed by atoms with van der Waals surface area (Å²) < 4.78 is 5.09. The maximum Gasteiger partial charge on any atom is 0.409 e. The number of piperidine rings is 1. The number of nitrogens with zero attached hydrogens (tertiary/aromatic N) is 4. The van der Waals surface area contributed by atoms with Gasteiger partial charge in [-0.3, -0.25) is 9.80 Å². The van der Waals surface area contributed by atoms with Crippen molar-refractivity contribution in [3.8, 4) is 0 Å². The van der Waals surface area contributed by atoms with E-state index in [1.807, 2.05) is 23.4 Å². The van der Waals surface area contributed by atoms with Crippen molar-refractivity contribution in [3.05, 3.63) is 16.6 Å². The van der Waals surface area contributed by atoms with Gasteiger partial charge in [-0.25, -0.2) is 9.78 Å². The van der Waals surface area contributed by atoms with Crippen LogP contribution < -0.4 is 0 Å². The van der Waals surface area contributed by atoms with E-state index in [0.717, 1.165) is 39.3 Å². The van der Waals surface area contributed by atoms with Crippen LogP contribution in [0.2, 0.25) is 0 Å². The predicted molar refractivity (Wildman–Crippen MR) is 90.6 cm³/mol. The summed E-state index contributed by atoms with van der Waals surface area (Å²) in [5.74, 6) is 0. The Balaban J connectivity index is 1.47. The van der Waals surface area contributed by atoms with Crippen LogP contribution in [0.3, 0.4) is 0 Å². The van der Waals surface area contributed by atoms with Gasteiger partial charge in [-0.2, -0.15) is 0 Å². The molecule has 0 saturated carbocycles. The molecule has 3 heterocycles. The number of hydrogen-bond acceptors (Lipinski definition) is 6. The van der Waals surface area contributed by atoms with Crippen molar-refractivity contribution in [2.45, 2.75) is 32.4 Å². The molecule has 0 radical (unpaired) electrons. The molecule has 128 valence electrons. The van der Waals surface area contributed by atoms with Crippen LogP contribution in [0.1, 0.15) is 24.8 Å². The van der Waals surface area contributed by atoms with Crippen molar-refractivity contribution in [3.63, 3.8) is 0 Å². The Morgan fingerprint density at radius 3 is 2.87 bits per heavy atom. The Kier molecular flexibility index (Phi) is 5.85. The molecule has 2 aliphatic rings. The fourth-order valence-electron chi connectivity index (χ4n) is 3.48. The van der Waals surface area contributed by atoms with Crippen molar-refractivity contribution in [2.24, 2.45) is 0 Å². The molecule has 0 N–H and O–H groups in total. The van der Waals surface area contributed by atoms with Gasteiger partial charge in [0.1, 0.15) is 5.01 Å².